The Bertz CT molecular complexity index is 381. The summed E-state index contributed by atoms with van der Waals surface area (Å²) in [6.45, 7) is 6.24. The molecule has 148 valence electrons. The summed E-state index contributed by atoms with van der Waals surface area (Å²) in [5, 5.41) is 11.0. The number of hydrogen-bond donors (Lipinski definition) is 3. The van der Waals surface area contributed by atoms with E-state index in [1.807, 2.05) is 0 Å². The lowest BCUT2D eigenvalue weighted by atomic mass is 10.3. The summed E-state index contributed by atoms with van der Waals surface area (Å²) in [6, 6.07) is 0. The fourth-order valence-corrected chi connectivity index (χ4v) is 2.64. The maximum absolute atomic E-state index is 10.9. The summed E-state index contributed by atoms with van der Waals surface area (Å²) in [5.41, 5.74) is 0. The van der Waals surface area contributed by atoms with E-state index in [9.17, 15) is 9.00 Å². The Balaban J connectivity index is 1.79. The van der Waals surface area contributed by atoms with E-state index in [1.54, 1.807) is 0 Å². The van der Waals surface area contributed by atoms with Gasteiger partial charge in [-0.1, -0.05) is 0 Å². The number of ether oxygens (including phenoxy) is 3. The number of aliphatic hydroxyl groups excluding tert-OH is 1. The second kappa shape index (κ2) is 14.5. The Morgan fingerprint density at radius 2 is 1.52 bits per heavy atom. The second-order valence-corrected chi connectivity index (χ2v) is 6.32. The summed E-state index contributed by atoms with van der Waals surface area (Å²) < 4.78 is 37.5. The lowest BCUT2D eigenvalue weighted by molar-refractivity contribution is -0.124. The van der Waals surface area contributed by atoms with Crippen LogP contribution < -0.4 is 5.32 Å². The topological polar surface area (TPSA) is 121 Å². The first-order chi connectivity index (χ1) is 12.1. The number of aliphatic hydroxyl groups is 1. The number of carbonyl (C=O) groups excluding carboxylic acids is 1. The van der Waals surface area contributed by atoms with Crippen molar-refractivity contribution in [1.29, 1.82) is 0 Å². The third-order valence-electron chi connectivity index (χ3n) is 3.56. The van der Waals surface area contributed by atoms with Crippen molar-refractivity contribution in [3.8, 4) is 0 Å². The largest absolute Gasteiger partial charge is 0.387 e. The minimum absolute atomic E-state index is 0.366. The van der Waals surface area contributed by atoms with Crippen molar-refractivity contribution in [2.75, 3.05) is 85.5 Å². The van der Waals surface area contributed by atoms with Crippen molar-refractivity contribution in [2.45, 2.75) is 0 Å². The lowest BCUT2D eigenvalue weighted by Gasteiger charge is -2.31. The van der Waals surface area contributed by atoms with Gasteiger partial charge in [-0.2, -0.15) is 4.31 Å². The first kappa shape index (κ1) is 22.4. The van der Waals surface area contributed by atoms with Gasteiger partial charge in [0.1, 0.15) is 6.61 Å². The molecule has 0 aromatic carbocycles. The summed E-state index contributed by atoms with van der Waals surface area (Å²) >= 11 is -1.86. The van der Waals surface area contributed by atoms with Crippen molar-refractivity contribution in [3.63, 3.8) is 0 Å². The second-order valence-electron chi connectivity index (χ2n) is 5.35. The maximum Gasteiger partial charge on any atom is 0.245 e. The van der Waals surface area contributed by atoms with Gasteiger partial charge in [0.25, 0.3) is 0 Å². The predicted molar refractivity (Wildman–Crippen MR) is 91.3 cm³/mol. The first-order valence-corrected chi connectivity index (χ1v) is 9.39. The lowest BCUT2D eigenvalue weighted by Crippen LogP contribution is -2.47. The fraction of sp³-hybridized carbons (Fsp3) is 0.929. The average Bonchev–Trinajstić information content (AvgIpc) is 2.62. The molecule has 1 amide bonds. The van der Waals surface area contributed by atoms with Crippen molar-refractivity contribution < 1.29 is 32.9 Å². The minimum Gasteiger partial charge on any atom is -0.387 e. The smallest absolute Gasteiger partial charge is 0.245 e. The fourth-order valence-electron chi connectivity index (χ4n) is 2.16. The van der Waals surface area contributed by atoms with E-state index in [0.29, 0.717) is 59.3 Å². The van der Waals surface area contributed by atoms with Crippen molar-refractivity contribution in [1.82, 2.24) is 14.5 Å². The molecule has 1 unspecified atom stereocenters. The van der Waals surface area contributed by atoms with Crippen LogP contribution in [0.1, 0.15) is 0 Å². The molecule has 0 spiro atoms. The van der Waals surface area contributed by atoms with Gasteiger partial charge in [0.05, 0.1) is 39.6 Å². The number of nitrogens with zero attached hydrogens (tertiary/aromatic N) is 2. The van der Waals surface area contributed by atoms with Crippen molar-refractivity contribution >= 4 is 17.2 Å². The molecule has 1 aliphatic heterocycles. The Kier molecular flexibility index (Phi) is 13.0. The third-order valence-corrected chi connectivity index (χ3v) is 4.37. The monoisotopic (exact) mass is 383 g/mol. The Morgan fingerprint density at radius 3 is 2.08 bits per heavy atom. The third kappa shape index (κ3) is 11.5. The van der Waals surface area contributed by atoms with Gasteiger partial charge in [0.2, 0.25) is 17.2 Å². The van der Waals surface area contributed by atoms with E-state index in [4.69, 9.17) is 23.9 Å². The number of hydrogen-bond acceptors (Lipinski definition) is 7. The standard InChI is InChI=1S/C14H29N3O7S/c18-13-14(19)15-1-7-22-9-11-24-12-10-23-8-6-16-2-4-17(5-3-16)25(20)21/h18H,1-13H2,(H,15,19)(H,20,21). The van der Waals surface area contributed by atoms with E-state index in [1.165, 1.54) is 4.31 Å². The molecule has 1 aliphatic rings. The normalized spacial score (nSPS) is 17.5. The van der Waals surface area contributed by atoms with E-state index >= 15 is 0 Å². The van der Waals surface area contributed by atoms with Crippen LogP contribution in [0.5, 0.6) is 0 Å². The molecule has 1 saturated heterocycles. The van der Waals surface area contributed by atoms with Crippen LogP contribution in [0.4, 0.5) is 0 Å². The van der Waals surface area contributed by atoms with Gasteiger partial charge >= 0.3 is 0 Å². The molecule has 0 aliphatic carbocycles. The van der Waals surface area contributed by atoms with Crippen LogP contribution in [0.3, 0.4) is 0 Å². The van der Waals surface area contributed by atoms with Gasteiger partial charge in [-0.15, -0.1) is 0 Å². The number of nitrogens with one attached hydrogen (secondary N) is 1. The summed E-state index contributed by atoms with van der Waals surface area (Å²) in [4.78, 5) is 12.9. The highest BCUT2D eigenvalue weighted by Crippen LogP contribution is 2.02. The minimum atomic E-state index is -1.86. The van der Waals surface area contributed by atoms with E-state index in [0.717, 1.165) is 19.6 Å². The molecular formula is C14H29N3O7S. The highest BCUT2D eigenvalue weighted by Gasteiger charge is 2.19. The van der Waals surface area contributed by atoms with Gasteiger partial charge in [-0.05, 0) is 0 Å². The van der Waals surface area contributed by atoms with Crippen LogP contribution in [0.2, 0.25) is 0 Å². The van der Waals surface area contributed by atoms with Gasteiger partial charge in [-0.25, -0.2) is 4.21 Å². The summed E-state index contributed by atoms with van der Waals surface area (Å²) in [7, 11) is 0. The summed E-state index contributed by atoms with van der Waals surface area (Å²) in [6.07, 6.45) is 0. The van der Waals surface area contributed by atoms with Crippen LogP contribution in [0.25, 0.3) is 0 Å². The molecule has 1 heterocycles. The molecule has 1 atom stereocenters. The van der Waals surface area contributed by atoms with Crippen LogP contribution >= 0.6 is 0 Å². The highest BCUT2D eigenvalue weighted by atomic mass is 32.2. The zero-order valence-corrected chi connectivity index (χ0v) is 15.2. The molecule has 3 N–H and O–H groups in total. The molecule has 1 fully saturated rings. The zero-order chi connectivity index (χ0) is 18.3. The molecule has 1 rings (SSSR count). The quantitative estimate of drug-likeness (QED) is 0.230. The average molecular weight is 383 g/mol. The van der Waals surface area contributed by atoms with Gasteiger partial charge < -0.3 is 24.6 Å². The molecule has 0 aromatic heterocycles. The number of rotatable bonds is 14. The molecule has 0 saturated carbocycles. The Hall–Kier alpha value is -0.660. The SMILES string of the molecule is O=C(CO)NCCOCCOCCOCCN1CCN(S(=O)O)CC1. The number of carbonyl (C=O) groups is 1. The maximum atomic E-state index is 10.9. The highest BCUT2D eigenvalue weighted by molar-refractivity contribution is 7.76. The number of piperazine rings is 1. The molecule has 25 heavy (non-hydrogen) atoms. The van der Waals surface area contributed by atoms with Crippen molar-refractivity contribution in [3.05, 3.63) is 0 Å². The van der Waals surface area contributed by atoms with Gasteiger partial charge in [-0.3, -0.25) is 14.2 Å². The van der Waals surface area contributed by atoms with Gasteiger partial charge in [0.15, 0.2) is 0 Å². The predicted octanol–water partition coefficient (Wildman–Crippen LogP) is -2.10. The van der Waals surface area contributed by atoms with Gasteiger partial charge in [0, 0.05) is 39.3 Å². The molecule has 0 aromatic rings. The van der Waals surface area contributed by atoms with E-state index in [-0.39, 0.29) is 0 Å². The molecule has 0 bridgehead atoms. The first-order valence-electron chi connectivity index (χ1n) is 8.32. The number of amides is 1. The van der Waals surface area contributed by atoms with Crippen LogP contribution in [-0.2, 0) is 30.3 Å². The molecule has 11 heteroatoms. The van der Waals surface area contributed by atoms with E-state index in [2.05, 4.69) is 10.2 Å². The Morgan fingerprint density at radius 1 is 0.960 bits per heavy atom. The van der Waals surface area contributed by atoms with Crippen molar-refractivity contribution in [2.24, 2.45) is 0 Å². The molecular weight excluding hydrogens is 354 g/mol. The van der Waals surface area contributed by atoms with Crippen LogP contribution in [0, 0.1) is 0 Å². The van der Waals surface area contributed by atoms with Crippen LogP contribution in [-0.4, -0.2) is 114 Å². The Labute approximate surface area is 150 Å². The molecule has 0 radical (unpaired) electrons. The van der Waals surface area contributed by atoms with E-state index < -0.39 is 23.8 Å². The summed E-state index contributed by atoms with van der Waals surface area (Å²) in [5.74, 6) is -0.415. The van der Waals surface area contributed by atoms with Crippen LogP contribution in [0.15, 0.2) is 0 Å². The zero-order valence-electron chi connectivity index (χ0n) is 14.4. The molecule has 10 nitrogen and oxygen atoms in total.